The van der Waals surface area contributed by atoms with E-state index in [-0.39, 0.29) is 5.91 Å². The van der Waals surface area contributed by atoms with Crippen molar-refractivity contribution in [3.05, 3.63) is 72.2 Å². The maximum absolute atomic E-state index is 13.0. The lowest BCUT2D eigenvalue weighted by atomic mass is 10.0. The minimum atomic E-state index is -0.236. The van der Waals surface area contributed by atoms with Crippen LogP contribution >= 0.6 is 11.3 Å². The zero-order chi connectivity index (χ0) is 27.4. The highest BCUT2D eigenvalue weighted by molar-refractivity contribution is 7.19. The molecule has 1 fully saturated rings. The Hall–Kier alpha value is -3.97. The number of nitrogens with one attached hydrogen (secondary N) is 2. The SMILES string of the molecule is C=C(CCNC1CCN(C)CC1)C(=O)Nc1nc(-c2cccc(C#N)c2)c(-c2ccc3ncnc(C)c3c2)s1. The summed E-state index contributed by atoms with van der Waals surface area (Å²) in [4.78, 5) is 29.7. The molecule has 8 nitrogen and oxygen atoms in total. The number of amides is 1. The number of hydrogen-bond acceptors (Lipinski definition) is 8. The number of likely N-dealkylation sites (tertiary alicyclic amines) is 1. The van der Waals surface area contributed by atoms with Crippen molar-refractivity contribution in [1.29, 1.82) is 5.26 Å². The maximum atomic E-state index is 13.0. The second-order valence-electron chi connectivity index (χ2n) is 9.92. The summed E-state index contributed by atoms with van der Waals surface area (Å²) in [5.41, 5.74) is 5.26. The first-order valence-corrected chi connectivity index (χ1v) is 13.9. The number of benzene rings is 2. The highest BCUT2D eigenvalue weighted by Crippen LogP contribution is 2.40. The number of aryl methyl sites for hydroxylation is 1. The molecule has 4 aromatic rings. The molecule has 5 rings (SSSR count). The van der Waals surface area contributed by atoms with E-state index >= 15 is 0 Å². The number of rotatable bonds is 8. The molecule has 9 heteroatoms. The molecule has 2 aromatic carbocycles. The van der Waals surface area contributed by atoms with Crippen LogP contribution in [-0.4, -0.2) is 58.5 Å². The third-order valence-corrected chi connectivity index (χ3v) is 8.13. The molecule has 39 heavy (non-hydrogen) atoms. The van der Waals surface area contributed by atoms with Crippen molar-refractivity contribution in [1.82, 2.24) is 25.2 Å². The predicted octanol–water partition coefficient (Wildman–Crippen LogP) is 5.17. The van der Waals surface area contributed by atoms with Crippen LogP contribution in [0.3, 0.4) is 0 Å². The van der Waals surface area contributed by atoms with Gasteiger partial charge < -0.3 is 10.2 Å². The van der Waals surface area contributed by atoms with Gasteiger partial charge in [-0.25, -0.2) is 15.0 Å². The van der Waals surface area contributed by atoms with E-state index < -0.39 is 0 Å². The molecule has 1 amide bonds. The average molecular weight is 538 g/mol. The normalized spacial score (nSPS) is 14.3. The van der Waals surface area contributed by atoms with Crippen LogP contribution < -0.4 is 10.6 Å². The number of anilines is 1. The van der Waals surface area contributed by atoms with E-state index in [0.717, 1.165) is 58.5 Å². The minimum Gasteiger partial charge on any atom is -0.314 e. The van der Waals surface area contributed by atoms with E-state index in [0.29, 0.717) is 41.0 Å². The van der Waals surface area contributed by atoms with Crippen molar-refractivity contribution < 1.29 is 4.79 Å². The molecule has 1 aliphatic heterocycles. The molecule has 0 radical (unpaired) electrons. The fraction of sp³-hybridized carbons (Fsp3) is 0.300. The number of carbonyl (C=O) groups is 1. The summed E-state index contributed by atoms with van der Waals surface area (Å²) in [5, 5.41) is 17.4. The van der Waals surface area contributed by atoms with Gasteiger partial charge in [-0.1, -0.05) is 36.1 Å². The summed E-state index contributed by atoms with van der Waals surface area (Å²) in [6.45, 7) is 8.88. The number of piperidine rings is 1. The van der Waals surface area contributed by atoms with Gasteiger partial charge in [-0.05, 0) is 82.7 Å². The summed E-state index contributed by atoms with van der Waals surface area (Å²) in [6.07, 6.45) is 4.37. The van der Waals surface area contributed by atoms with E-state index in [4.69, 9.17) is 4.98 Å². The van der Waals surface area contributed by atoms with Gasteiger partial charge in [-0.2, -0.15) is 5.26 Å². The number of nitriles is 1. The van der Waals surface area contributed by atoms with Crippen LogP contribution in [0.15, 0.2) is 60.9 Å². The zero-order valence-corrected chi connectivity index (χ0v) is 23.0. The number of fused-ring (bicyclic) bond motifs is 1. The first kappa shape index (κ1) is 26.6. The van der Waals surface area contributed by atoms with Crippen LogP contribution in [0.4, 0.5) is 5.13 Å². The third-order valence-electron chi connectivity index (χ3n) is 7.11. The van der Waals surface area contributed by atoms with E-state index in [1.807, 2.05) is 37.3 Å². The maximum Gasteiger partial charge on any atom is 0.252 e. The predicted molar refractivity (Wildman–Crippen MR) is 156 cm³/mol. The number of aromatic nitrogens is 3. The van der Waals surface area contributed by atoms with Gasteiger partial charge in [0.1, 0.15) is 6.33 Å². The van der Waals surface area contributed by atoms with Gasteiger partial charge in [-0.3, -0.25) is 10.1 Å². The summed E-state index contributed by atoms with van der Waals surface area (Å²) in [7, 11) is 2.15. The van der Waals surface area contributed by atoms with Gasteiger partial charge in [0.2, 0.25) is 0 Å². The van der Waals surface area contributed by atoms with Crippen LogP contribution in [0, 0.1) is 18.3 Å². The Kier molecular flexibility index (Phi) is 8.07. The molecule has 1 saturated heterocycles. The third kappa shape index (κ3) is 6.20. The quantitative estimate of drug-likeness (QED) is 0.299. The molecule has 0 aliphatic carbocycles. The lowest BCUT2D eigenvalue weighted by Gasteiger charge is -2.29. The molecule has 1 aliphatic rings. The molecule has 0 bridgehead atoms. The molecule has 2 aromatic heterocycles. The summed E-state index contributed by atoms with van der Waals surface area (Å²) >= 11 is 1.40. The van der Waals surface area contributed by atoms with Crippen molar-refractivity contribution in [2.75, 3.05) is 32.0 Å². The molecule has 0 unspecified atom stereocenters. The molecule has 198 valence electrons. The Morgan fingerprint density at radius 1 is 1.18 bits per heavy atom. The van der Waals surface area contributed by atoms with E-state index in [9.17, 15) is 10.1 Å². The van der Waals surface area contributed by atoms with Gasteiger partial charge in [0.05, 0.1) is 27.7 Å². The van der Waals surface area contributed by atoms with E-state index in [2.05, 4.69) is 51.3 Å². The molecule has 0 saturated carbocycles. The zero-order valence-electron chi connectivity index (χ0n) is 22.2. The standard InChI is InChI=1S/C30H31N7OS/c1-19(9-12-32-24-10-13-37(3)14-11-24)29(38)36-30-35-27(22-6-4-5-21(15-22)17-31)28(39-30)23-7-8-26-25(16-23)20(2)33-18-34-26/h4-8,15-16,18,24,32H,1,9-14H2,2-3H3,(H,35,36,38). The molecule has 3 heterocycles. The van der Waals surface area contributed by atoms with Gasteiger partial charge in [0.25, 0.3) is 5.91 Å². The van der Waals surface area contributed by atoms with Gasteiger partial charge in [0, 0.05) is 28.3 Å². The number of thiazole rings is 1. The molecular weight excluding hydrogens is 506 g/mol. The van der Waals surface area contributed by atoms with Crippen LogP contribution in [0.2, 0.25) is 0 Å². The lowest BCUT2D eigenvalue weighted by molar-refractivity contribution is -0.113. The first-order valence-electron chi connectivity index (χ1n) is 13.1. The highest BCUT2D eigenvalue weighted by Gasteiger charge is 2.20. The Bertz CT molecular complexity index is 1560. The Balaban J connectivity index is 1.37. The largest absolute Gasteiger partial charge is 0.314 e. The van der Waals surface area contributed by atoms with Crippen molar-refractivity contribution >= 4 is 33.3 Å². The smallest absolute Gasteiger partial charge is 0.252 e. The van der Waals surface area contributed by atoms with Crippen molar-refractivity contribution in [2.24, 2.45) is 0 Å². The van der Waals surface area contributed by atoms with Crippen molar-refractivity contribution in [3.63, 3.8) is 0 Å². The van der Waals surface area contributed by atoms with Gasteiger partial charge in [0.15, 0.2) is 5.13 Å². The molecule has 0 spiro atoms. The van der Waals surface area contributed by atoms with Crippen molar-refractivity contribution in [2.45, 2.75) is 32.2 Å². The Morgan fingerprint density at radius 2 is 2.00 bits per heavy atom. The second kappa shape index (κ2) is 11.8. The van der Waals surface area contributed by atoms with E-state index in [1.54, 1.807) is 12.4 Å². The fourth-order valence-electron chi connectivity index (χ4n) is 4.77. The van der Waals surface area contributed by atoms with Crippen molar-refractivity contribution in [3.8, 4) is 27.8 Å². The topological polar surface area (TPSA) is 107 Å². The first-order chi connectivity index (χ1) is 18.9. The molecular formula is C30H31N7OS. The van der Waals surface area contributed by atoms with Crippen LogP contribution in [0.5, 0.6) is 0 Å². The molecule has 0 atom stereocenters. The number of carbonyl (C=O) groups excluding carboxylic acids is 1. The number of hydrogen-bond donors (Lipinski definition) is 2. The minimum absolute atomic E-state index is 0.236. The Morgan fingerprint density at radius 3 is 2.79 bits per heavy atom. The van der Waals surface area contributed by atoms with Gasteiger partial charge >= 0.3 is 0 Å². The average Bonchev–Trinajstić information content (AvgIpc) is 3.38. The molecule has 2 N–H and O–H groups in total. The monoisotopic (exact) mass is 537 g/mol. The lowest BCUT2D eigenvalue weighted by Crippen LogP contribution is -2.41. The summed E-state index contributed by atoms with van der Waals surface area (Å²) < 4.78 is 0. The van der Waals surface area contributed by atoms with Crippen LogP contribution in [0.1, 0.15) is 30.5 Å². The summed E-state index contributed by atoms with van der Waals surface area (Å²) in [5.74, 6) is -0.236. The Labute approximate surface area is 232 Å². The summed E-state index contributed by atoms with van der Waals surface area (Å²) in [6, 6.07) is 16.0. The fourth-order valence-corrected chi connectivity index (χ4v) is 5.75. The van der Waals surface area contributed by atoms with Gasteiger partial charge in [-0.15, -0.1) is 0 Å². The highest BCUT2D eigenvalue weighted by atomic mass is 32.1. The van der Waals surface area contributed by atoms with Crippen LogP contribution in [-0.2, 0) is 4.79 Å². The second-order valence-corrected chi connectivity index (χ2v) is 10.9. The van der Waals surface area contributed by atoms with Crippen LogP contribution in [0.25, 0.3) is 32.6 Å². The van der Waals surface area contributed by atoms with E-state index in [1.165, 1.54) is 11.3 Å². The number of nitrogens with zero attached hydrogens (tertiary/aromatic N) is 5.